The van der Waals surface area contributed by atoms with Crippen LogP contribution in [0.2, 0.25) is 0 Å². The zero-order valence-electron chi connectivity index (χ0n) is 10.6. The van der Waals surface area contributed by atoms with Crippen LogP contribution in [0, 0.1) is 5.92 Å². The number of nitrogens with zero attached hydrogens (tertiary/aromatic N) is 1. The summed E-state index contributed by atoms with van der Waals surface area (Å²) in [5.74, 6) is 0.880. The van der Waals surface area contributed by atoms with Crippen LogP contribution in [-0.2, 0) is 6.54 Å². The van der Waals surface area contributed by atoms with E-state index >= 15 is 0 Å². The molecule has 1 saturated heterocycles. The van der Waals surface area contributed by atoms with E-state index in [4.69, 9.17) is 0 Å². The quantitative estimate of drug-likeness (QED) is 0.916. The minimum atomic E-state index is 0.672. The standard InChI is InChI=1S/C13H21BrN2S/c1-10-3-4-15-12(5-10)8-16(2)7-11-6-13(14)17-9-11/h6,9-10,12,15H,3-5,7-8H2,1-2H3. The van der Waals surface area contributed by atoms with Crippen LogP contribution in [-0.4, -0.2) is 31.1 Å². The number of thiophene rings is 1. The zero-order chi connectivity index (χ0) is 12.3. The molecule has 2 atom stereocenters. The van der Waals surface area contributed by atoms with Crippen LogP contribution in [0.1, 0.15) is 25.3 Å². The molecular weight excluding hydrogens is 296 g/mol. The van der Waals surface area contributed by atoms with Gasteiger partial charge in [0, 0.05) is 19.1 Å². The fourth-order valence-electron chi connectivity index (χ4n) is 2.54. The third kappa shape index (κ3) is 4.36. The van der Waals surface area contributed by atoms with Crippen LogP contribution < -0.4 is 5.32 Å². The highest BCUT2D eigenvalue weighted by Gasteiger charge is 2.19. The van der Waals surface area contributed by atoms with Crippen molar-refractivity contribution in [3.05, 3.63) is 20.8 Å². The van der Waals surface area contributed by atoms with Gasteiger partial charge in [-0.15, -0.1) is 11.3 Å². The summed E-state index contributed by atoms with van der Waals surface area (Å²) >= 11 is 5.28. The van der Waals surface area contributed by atoms with Gasteiger partial charge in [-0.05, 0) is 65.3 Å². The second kappa shape index (κ2) is 6.32. The maximum absolute atomic E-state index is 3.62. The lowest BCUT2D eigenvalue weighted by atomic mass is 9.94. The molecule has 2 rings (SSSR count). The summed E-state index contributed by atoms with van der Waals surface area (Å²) in [6, 6.07) is 2.89. The lowest BCUT2D eigenvalue weighted by molar-refractivity contribution is 0.230. The Labute approximate surface area is 117 Å². The van der Waals surface area contributed by atoms with Gasteiger partial charge in [0.05, 0.1) is 3.79 Å². The summed E-state index contributed by atoms with van der Waals surface area (Å²) in [4.78, 5) is 2.42. The van der Waals surface area contributed by atoms with E-state index in [1.54, 1.807) is 11.3 Å². The number of hydrogen-bond donors (Lipinski definition) is 1. The first-order valence-corrected chi connectivity index (χ1v) is 7.95. The molecule has 0 spiro atoms. The highest BCUT2D eigenvalue weighted by molar-refractivity contribution is 9.11. The van der Waals surface area contributed by atoms with Crippen molar-refractivity contribution in [2.75, 3.05) is 20.1 Å². The molecule has 1 fully saturated rings. The van der Waals surface area contributed by atoms with Crippen molar-refractivity contribution in [2.45, 2.75) is 32.4 Å². The minimum Gasteiger partial charge on any atom is -0.313 e. The molecule has 0 aromatic carbocycles. The van der Waals surface area contributed by atoms with Crippen molar-refractivity contribution in [3.8, 4) is 0 Å². The Morgan fingerprint density at radius 2 is 2.41 bits per heavy atom. The van der Waals surface area contributed by atoms with E-state index in [0.717, 1.165) is 19.0 Å². The number of piperidine rings is 1. The van der Waals surface area contributed by atoms with Crippen LogP contribution in [0.25, 0.3) is 0 Å². The molecule has 4 heteroatoms. The predicted octanol–water partition coefficient (Wildman–Crippen LogP) is 3.33. The van der Waals surface area contributed by atoms with Crippen molar-refractivity contribution in [1.29, 1.82) is 0 Å². The van der Waals surface area contributed by atoms with E-state index < -0.39 is 0 Å². The van der Waals surface area contributed by atoms with Crippen molar-refractivity contribution in [2.24, 2.45) is 5.92 Å². The van der Waals surface area contributed by atoms with Gasteiger partial charge in [-0.1, -0.05) is 6.92 Å². The second-order valence-electron chi connectivity index (χ2n) is 5.24. The lowest BCUT2D eigenvalue weighted by Crippen LogP contribution is -2.44. The number of likely N-dealkylation sites (N-methyl/N-ethyl adjacent to an activating group) is 1. The molecule has 1 aliphatic heterocycles. The van der Waals surface area contributed by atoms with Gasteiger partial charge in [-0.3, -0.25) is 0 Å². The van der Waals surface area contributed by atoms with Gasteiger partial charge in [0.25, 0.3) is 0 Å². The Bertz CT molecular complexity index is 353. The van der Waals surface area contributed by atoms with E-state index in [9.17, 15) is 0 Å². The predicted molar refractivity (Wildman–Crippen MR) is 78.5 cm³/mol. The summed E-state index contributed by atoms with van der Waals surface area (Å²) in [6.07, 6.45) is 2.65. The Hall–Kier alpha value is 0.100. The molecule has 2 nitrogen and oxygen atoms in total. The van der Waals surface area contributed by atoms with Gasteiger partial charge in [-0.25, -0.2) is 0 Å². The number of nitrogens with one attached hydrogen (secondary N) is 1. The summed E-state index contributed by atoms with van der Waals surface area (Å²) < 4.78 is 1.23. The second-order valence-corrected chi connectivity index (χ2v) is 7.53. The van der Waals surface area contributed by atoms with Gasteiger partial charge in [-0.2, -0.15) is 0 Å². The summed E-state index contributed by atoms with van der Waals surface area (Å²) in [5.41, 5.74) is 1.41. The zero-order valence-corrected chi connectivity index (χ0v) is 13.0. The van der Waals surface area contributed by atoms with Crippen LogP contribution in [0.5, 0.6) is 0 Å². The maximum Gasteiger partial charge on any atom is 0.0701 e. The molecule has 1 aromatic rings. The molecule has 1 aliphatic rings. The highest BCUT2D eigenvalue weighted by Crippen LogP contribution is 2.22. The van der Waals surface area contributed by atoms with Gasteiger partial charge in [0.2, 0.25) is 0 Å². The highest BCUT2D eigenvalue weighted by atomic mass is 79.9. The average molecular weight is 317 g/mol. The normalized spacial score (nSPS) is 25.4. The maximum atomic E-state index is 3.62. The van der Waals surface area contributed by atoms with E-state index in [-0.39, 0.29) is 0 Å². The number of rotatable bonds is 4. The first-order valence-electron chi connectivity index (χ1n) is 6.28. The monoisotopic (exact) mass is 316 g/mol. The molecule has 2 heterocycles. The smallest absolute Gasteiger partial charge is 0.0701 e. The van der Waals surface area contributed by atoms with Gasteiger partial charge in [0.15, 0.2) is 0 Å². The third-order valence-electron chi connectivity index (χ3n) is 3.36. The molecule has 0 aliphatic carbocycles. The summed E-state index contributed by atoms with van der Waals surface area (Å²) in [6.45, 7) is 5.75. The van der Waals surface area contributed by atoms with E-state index in [1.165, 1.54) is 28.7 Å². The number of hydrogen-bond acceptors (Lipinski definition) is 3. The van der Waals surface area contributed by atoms with E-state index in [2.05, 4.69) is 51.6 Å². The Kier molecular flexibility index (Phi) is 5.03. The molecule has 0 radical (unpaired) electrons. The molecule has 1 aromatic heterocycles. The van der Waals surface area contributed by atoms with Crippen molar-refractivity contribution < 1.29 is 0 Å². The lowest BCUT2D eigenvalue weighted by Gasteiger charge is -2.31. The molecule has 2 unspecified atom stereocenters. The fourth-order valence-corrected chi connectivity index (χ4v) is 3.74. The van der Waals surface area contributed by atoms with Crippen molar-refractivity contribution in [3.63, 3.8) is 0 Å². The van der Waals surface area contributed by atoms with E-state index in [1.807, 2.05) is 0 Å². The largest absolute Gasteiger partial charge is 0.313 e. The average Bonchev–Trinajstić information content (AvgIpc) is 2.63. The van der Waals surface area contributed by atoms with Gasteiger partial charge >= 0.3 is 0 Å². The van der Waals surface area contributed by atoms with Crippen LogP contribution in [0.4, 0.5) is 0 Å². The minimum absolute atomic E-state index is 0.672. The van der Waals surface area contributed by atoms with Gasteiger partial charge in [0.1, 0.15) is 0 Å². The molecule has 0 saturated carbocycles. The van der Waals surface area contributed by atoms with Crippen molar-refractivity contribution >= 4 is 27.3 Å². The molecule has 0 bridgehead atoms. The summed E-state index contributed by atoms with van der Waals surface area (Å²) in [5, 5.41) is 5.86. The SMILES string of the molecule is CC1CCNC(CN(C)Cc2csc(Br)c2)C1. The van der Waals surface area contributed by atoms with Crippen molar-refractivity contribution in [1.82, 2.24) is 10.2 Å². The topological polar surface area (TPSA) is 15.3 Å². The Morgan fingerprint density at radius 3 is 3.06 bits per heavy atom. The first kappa shape index (κ1) is 13.5. The Balaban J connectivity index is 1.78. The van der Waals surface area contributed by atoms with Crippen LogP contribution >= 0.6 is 27.3 Å². The molecule has 96 valence electrons. The molecule has 1 N–H and O–H groups in total. The Morgan fingerprint density at radius 1 is 1.59 bits per heavy atom. The third-order valence-corrected chi connectivity index (χ3v) is 4.92. The first-order chi connectivity index (χ1) is 8.13. The summed E-state index contributed by atoms with van der Waals surface area (Å²) in [7, 11) is 2.21. The molecule has 17 heavy (non-hydrogen) atoms. The molecule has 0 amide bonds. The fraction of sp³-hybridized carbons (Fsp3) is 0.692. The molecular formula is C13H21BrN2S. The van der Waals surface area contributed by atoms with E-state index in [0.29, 0.717) is 6.04 Å². The number of halogens is 1. The van der Waals surface area contributed by atoms with Gasteiger partial charge < -0.3 is 10.2 Å². The van der Waals surface area contributed by atoms with Crippen LogP contribution in [0.15, 0.2) is 15.2 Å². The van der Waals surface area contributed by atoms with Crippen LogP contribution in [0.3, 0.4) is 0 Å².